The zero-order chi connectivity index (χ0) is 29.0. The van der Waals surface area contributed by atoms with Crippen molar-refractivity contribution in [2.24, 2.45) is 0 Å². The molecule has 0 saturated heterocycles. The van der Waals surface area contributed by atoms with Gasteiger partial charge in [0.05, 0.1) is 7.11 Å². The van der Waals surface area contributed by atoms with Gasteiger partial charge in [0.25, 0.3) is 0 Å². The summed E-state index contributed by atoms with van der Waals surface area (Å²) in [6.45, 7) is 6.89. The number of amides is 3. The van der Waals surface area contributed by atoms with Gasteiger partial charge in [-0.2, -0.15) is 0 Å². The molecule has 0 bridgehead atoms. The maximum atomic E-state index is 14.2. The third kappa shape index (κ3) is 10.3. The molecule has 0 radical (unpaired) electrons. The van der Waals surface area contributed by atoms with Crippen molar-refractivity contribution in [1.29, 1.82) is 0 Å². The summed E-state index contributed by atoms with van der Waals surface area (Å²) in [5.74, 6) is -1.89. The minimum Gasteiger partial charge on any atom is -0.508 e. The number of carbonyl (C=O) groups is 4. The number of benzene rings is 2. The van der Waals surface area contributed by atoms with Gasteiger partial charge in [-0.1, -0.05) is 55.8 Å². The van der Waals surface area contributed by atoms with E-state index in [2.05, 4.69) is 15.4 Å². The van der Waals surface area contributed by atoms with E-state index in [4.69, 9.17) is 4.74 Å². The molecule has 0 aliphatic carbocycles. The number of rotatable bonds is 12. The van der Waals surface area contributed by atoms with E-state index in [1.165, 1.54) is 24.1 Å². The van der Waals surface area contributed by atoms with Crippen LogP contribution in [0.5, 0.6) is 5.75 Å². The Bertz CT molecular complexity index is 1120. The SMILES string of the molecule is CCCCN(C(=O)C(Cc1ccccc1)NC(=O)OC(C)(C)C)C(C(=O)NCC(=O)OC)c1cccc(O)c1. The monoisotopic (exact) mass is 541 g/mol. The second kappa shape index (κ2) is 14.8. The summed E-state index contributed by atoms with van der Waals surface area (Å²) in [7, 11) is 1.20. The number of phenolic OH excluding ortho intramolecular Hbond substituents is 1. The lowest BCUT2D eigenvalue weighted by Crippen LogP contribution is -2.54. The van der Waals surface area contributed by atoms with E-state index in [-0.39, 0.29) is 18.7 Å². The first-order valence-electron chi connectivity index (χ1n) is 12.9. The number of carbonyl (C=O) groups excluding carboxylic acids is 4. The number of esters is 1. The Hall–Kier alpha value is -4.08. The summed E-state index contributed by atoms with van der Waals surface area (Å²) < 4.78 is 10.0. The van der Waals surface area contributed by atoms with Crippen LogP contribution in [0.1, 0.15) is 57.7 Å². The Morgan fingerprint density at radius 1 is 1.03 bits per heavy atom. The van der Waals surface area contributed by atoms with Crippen LogP contribution in [0.3, 0.4) is 0 Å². The molecule has 2 unspecified atom stereocenters. The van der Waals surface area contributed by atoms with Crippen LogP contribution in [-0.4, -0.2) is 65.7 Å². The quantitative estimate of drug-likeness (QED) is 0.350. The van der Waals surface area contributed by atoms with Crippen molar-refractivity contribution in [3.8, 4) is 5.75 Å². The van der Waals surface area contributed by atoms with E-state index in [9.17, 15) is 24.3 Å². The lowest BCUT2D eigenvalue weighted by molar-refractivity contribution is -0.144. The molecule has 39 heavy (non-hydrogen) atoms. The summed E-state index contributed by atoms with van der Waals surface area (Å²) in [4.78, 5) is 53.5. The number of hydrogen-bond donors (Lipinski definition) is 3. The lowest BCUT2D eigenvalue weighted by atomic mass is 9.99. The number of ether oxygens (including phenoxy) is 2. The fourth-order valence-corrected chi connectivity index (χ4v) is 3.89. The predicted octanol–water partition coefficient (Wildman–Crippen LogP) is 3.49. The first-order valence-corrected chi connectivity index (χ1v) is 12.9. The molecule has 2 atom stereocenters. The van der Waals surface area contributed by atoms with Gasteiger partial charge in [0, 0.05) is 13.0 Å². The average Bonchev–Trinajstić information content (AvgIpc) is 2.88. The first-order chi connectivity index (χ1) is 18.4. The summed E-state index contributed by atoms with van der Waals surface area (Å²) in [5.41, 5.74) is 0.355. The Balaban J connectivity index is 2.52. The van der Waals surface area contributed by atoms with Crippen molar-refractivity contribution in [3.05, 3.63) is 65.7 Å². The van der Waals surface area contributed by atoms with Gasteiger partial charge >= 0.3 is 12.1 Å². The Labute approximate surface area is 229 Å². The van der Waals surface area contributed by atoms with Crippen molar-refractivity contribution in [3.63, 3.8) is 0 Å². The van der Waals surface area contributed by atoms with Gasteiger partial charge in [-0.3, -0.25) is 14.4 Å². The molecule has 2 aromatic carbocycles. The molecule has 3 N–H and O–H groups in total. The molecule has 0 aromatic heterocycles. The van der Waals surface area contributed by atoms with Gasteiger partial charge in [0.1, 0.15) is 30.0 Å². The topological polar surface area (TPSA) is 134 Å². The van der Waals surface area contributed by atoms with Crippen molar-refractivity contribution in [2.45, 2.75) is 64.6 Å². The van der Waals surface area contributed by atoms with Crippen molar-refractivity contribution >= 4 is 23.9 Å². The minimum atomic E-state index is -1.19. The number of methoxy groups -OCH3 is 1. The predicted molar refractivity (Wildman–Crippen MR) is 146 cm³/mol. The maximum absolute atomic E-state index is 14.2. The number of phenols is 1. The van der Waals surface area contributed by atoms with Crippen molar-refractivity contribution in [1.82, 2.24) is 15.5 Å². The van der Waals surface area contributed by atoms with E-state index in [1.807, 2.05) is 37.3 Å². The van der Waals surface area contributed by atoms with Crippen LogP contribution in [0, 0.1) is 0 Å². The molecule has 0 saturated carbocycles. The molecule has 2 rings (SSSR count). The molecule has 0 spiro atoms. The van der Waals surface area contributed by atoms with E-state index >= 15 is 0 Å². The highest BCUT2D eigenvalue weighted by molar-refractivity contribution is 5.93. The zero-order valence-corrected chi connectivity index (χ0v) is 23.2. The van der Waals surface area contributed by atoms with Crippen LogP contribution in [0.2, 0.25) is 0 Å². The number of hydrogen-bond acceptors (Lipinski definition) is 7. The Morgan fingerprint density at radius 2 is 1.72 bits per heavy atom. The maximum Gasteiger partial charge on any atom is 0.408 e. The van der Waals surface area contributed by atoms with Gasteiger partial charge in [-0.05, 0) is 50.5 Å². The molecule has 2 aromatic rings. The largest absolute Gasteiger partial charge is 0.508 e. The first kappa shape index (κ1) is 31.1. The smallest absolute Gasteiger partial charge is 0.408 e. The molecule has 3 amide bonds. The van der Waals surface area contributed by atoms with Crippen LogP contribution < -0.4 is 10.6 Å². The van der Waals surface area contributed by atoms with Crippen LogP contribution in [0.15, 0.2) is 54.6 Å². The van der Waals surface area contributed by atoms with Crippen LogP contribution in [0.4, 0.5) is 4.79 Å². The van der Waals surface area contributed by atoms with Crippen LogP contribution >= 0.6 is 0 Å². The molecule has 212 valence electrons. The molecule has 0 heterocycles. The molecular weight excluding hydrogens is 502 g/mol. The van der Waals surface area contributed by atoms with Gasteiger partial charge in [0.15, 0.2) is 0 Å². The van der Waals surface area contributed by atoms with E-state index in [0.717, 1.165) is 12.0 Å². The molecular formula is C29H39N3O7. The summed E-state index contributed by atoms with van der Waals surface area (Å²) >= 11 is 0. The Morgan fingerprint density at radius 3 is 2.31 bits per heavy atom. The van der Waals surface area contributed by atoms with E-state index in [1.54, 1.807) is 32.9 Å². The normalized spacial score (nSPS) is 12.5. The number of nitrogens with one attached hydrogen (secondary N) is 2. The van der Waals surface area contributed by atoms with Crippen molar-refractivity contribution < 1.29 is 33.8 Å². The average molecular weight is 542 g/mol. The fraction of sp³-hybridized carbons (Fsp3) is 0.448. The second-order valence-corrected chi connectivity index (χ2v) is 10.1. The zero-order valence-electron chi connectivity index (χ0n) is 23.2. The third-order valence-electron chi connectivity index (χ3n) is 5.69. The molecule has 0 aliphatic rings. The highest BCUT2D eigenvalue weighted by Gasteiger charge is 2.36. The van der Waals surface area contributed by atoms with Gasteiger partial charge < -0.3 is 30.1 Å². The molecule has 0 fully saturated rings. The summed E-state index contributed by atoms with van der Waals surface area (Å²) in [5, 5.41) is 15.4. The second-order valence-electron chi connectivity index (χ2n) is 10.1. The minimum absolute atomic E-state index is 0.0890. The molecule has 0 aliphatic heterocycles. The van der Waals surface area contributed by atoms with E-state index in [0.29, 0.717) is 12.0 Å². The number of unbranched alkanes of at least 4 members (excludes halogenated alkanes) is 1. The Kier molecular flexibility index (Phi) is 11.8. The highest BCUT2D eigenvalue weighted by atomic mass is 16.6. The number of nitrogens with zero attached hydrogens (tertiary/aromatic N) is 1. The van der Waals surface area contributed by atoms with Gasteiger partial charge in [-0.15, -0.1) is 0 Å². The highest BCUT2D eigenvalue weighted by Crippen LogP contribution is 2.26. The fourth-order valence-electron chi connectivity index (χ4n) is 3.89. The van der Waals surface area contributed by atoms with Crippen LogP contribution in [0.25, 0.3) is 0 Å². The standard InChI is InChI=1S/C29H39N3O7/c1-6-7-16-32(25(21-14-11-15-22(33)18-21)26(35)30-19-24(34)38-5)27(36)23(17-20-12-9-8-10-13-20)31-28(37)39-29(2,3)4/h8-15,18,23,25,33H,6-7,16-17,19H2,1-5H3,(H,30,35)(H,31,37). The van der Waals surface area contributed by atoms with Gasteiger partial charge in [0.2, 0.25) is 11.8 Å². The third-order valence-corrected chi connectivity index (χ3v) is 5.69. The lowest BCUT2D eigenvalue weighted by Gasteiger charge is -2.34. The van der Waals surface area contributed by atoms with Crippen LogP contribution in [-0.2, 0) is 30.3 Å². The van der Waals surface area contributed by atoms with E-state index < -0.39 is 48.1 Å². The molecule has 10 nitrogen and oxygen atoms in total. The van der Waals surface area contributed by atoms with Gasteiger partial charge in [-0.25, -0.2) is 4.79 Å². The molecule has 10 heteroatoms. The van der Waals surface area contributed by atoms with Crippen molar-refractivity contribution in [2.75, 3.05) is 20.2 Å². The summed E-state index contributed by atoms with van der Waals surface area (Å²) in [6, 6.07) is 12.9. The number of alkyl carbamates (subject to hydrolysis) is 1. The number of aromatic hydroxyl groups is 1. The summed E-state index contributed by atoms with van der Waals surface area (Å²) in [6.07, 6.45) is 0.674.